The van der Waals surface area contributed by atoms with Crippen LogP contribution in [0.2, 0.25) is 5.02 Å². The van der Waals surface area contributed by atoms with Gasteiger partial charge < -0.3 is 21.2 Å². The van der Waals surface area contributed by atoms with Crippen molar-refractivity contribution in [3.05, 3.63) is 81.1 Å². The van der Waals surface area contributed by atoms with Gasteiger partial charge in [0.2, 0.25) is 5.91 Å². The normalized spacial score (nSPS) is 16.8. The maximum Gasteiger partial charge on any atom is 0.417 e. The molecule has 0 unspecified atom stereocenters. The van der Waals surface area contributed by atoms with E-state index in [1.165, 1.54) is 12.1 Å². The Labute approximate surface area is 283 Å². The summed E-state index contributed by atoms with van der Waals surface area (Å²) in [5.74, 6) is -1.89. The van der Waals surface area contributed by atoms with Gasteiger partial charge in [-0.25, -0.2) is 14.7 Å². The Morgan fingerprint density at radius 1 is 1.09 bits per heavy atom. The van der Waals surface area contributed by atoms with E-state index < -0.39 is 17.7 Å². The number of aromatic amines is 1. The number of aromatic nitrogens is 2. The van der Waals surface area contributed by atoms with Crippen molar-refractivity contribution in [3.63, 3.8) is 0 Å². The van der Waals surface area contributed by atoms with Gasteiger partial charge in [-0.3, -0.25) is 19.4 Å². The molecule has 1 fully saturated rings. The second-order valence-electron chi connectivity index (χ2n) is 12.2. The van der Waals surface area contributed by atoms with Crippen molar-refractivity contribution in [2.24, 2.45) is 23.3 Å². The number of pyridine rings is 1. The molecule has 1 aliphatic carbocycles. The number of carbonyl (C=O) groups excluding carboxylic acids is 3. The molecule has 0 aliphatic heterocycles. The number of anilines is 1. The summed E-state index contributed by atoms with van der Waals surface area (Å²) in [6.45, 7) is 6.19. The molecule has 5 rings (SSSR count). The van der Waals surface area contributed by atoms with E-state index in [0.29, 0.717) is 36.7 Å². The molecule has 47 heavy (non-hydrogen) atoms. The van der Waals surface area contributed by atoms with E-state index in [1.54, 1.807) is 6.07 Å². The van der Waals surface area contributed by atoms with Crippen LogP contribution in [-0.2, 0) is 16.0 Å². The molecule has 2 aromatic carbocycles. The number of oxazole rings is 1. The summed E-state index contributed by atoms with van der Waals surface area (Å²) in [4.78, 5) is 60.3. The first kappa shape index (κ1) is 35.8. The number of amides is 3. The Balaban J connectivity index is 0.00000500. The van der Waals surface area contributed by atoms with Crippen LogP contribution in [0.4, 0.5) is 5.69 Å². The van der Waals surface area contributed by atoms with Gasteiger partial charge in [0, 0.05) is 23.2 Å². The number of imide groups is 1. The number of H-pyrrole nitrogens is 1. The highest BCUT2D eigenvalue weighted by atomic mass is 35.5. The third-order valence-corrected chi connectivity index (χ3v) is 8.74. The Kier molecular flexibility index (Phi) is 11.6. The molecule has 2 heterocycles. The highest BCUT2D eigenvalue weighted by molar-refractivity contribution is 6.35. The van der Waals surface area contributed by atoms with Gasteiger partial charge in [0.1, 0.15) is 5.69 Å². The molecule has 0 saturated heterocycles. The topological polar surface area (TPSA) is 177 Å². The molecular weight excluding hydrogens is 643 g/mol. The standard InChI is InChI=1S/C34H39ClN6O5.ClH/c1-18(2)38-31(42)28-13-12-25(19(3)39-28)22-8-4-20(5-9-22)14-27(37)33(44)41(32(43)23-10-6-21(17-36)7-11-23)24-15-26(35)30-29(16-24)40-34(45)46-30;/h4-5,8-9,12-13,15-16,18,21,23,27H,6-7,10-11,14,17,36-37H2,1-3H3,(H,38,42)(H,40,45);1H/t21?,23?,27-;/m0./s1. The number of nitrogens with zero attached hydrogens (tertiary/aromatic N) is 2. The fourth-order valence-corrected chi connectivity index (χ4v) is 6.23. The second kappa shape index (κ2) is 15.2. The summed E-state index contributed by atoms with van der Waals surface area (Å²) >= 11 is 6.41. The van der Waals surface area contributed by atoms with Gasteiger partial charge in [-0.1, -0.05) is 41.9 Å². The predicted octanol–water partition coefficient (Wildman–Crippen LogP) is 4.90. The molecule has 0 radical (unpaired) electrons. The molecule has 1 aliphatic rings. The number of hydrogen-bond acceptors (Lipinski definition) is 8. The first-order valence-corrected chi connectivity index (χ1v) is 15.9. The number of nitrogens with two attached hydrogens (primary N) is 2. The van der Waals surface area contributed by atoms with Gasteiger partial charge in [-0.05, 0) is 94.7 Å². The van der Waals surface area contributed by atoms with Crippen molar-refractivity contribution in [2.45, 2.75) is 65.0 Å². The number of aryl methyl sites for hydroxylation is 1. The van der Waals surface area contributed by atoms with Gasteiger partial charge in [-0.15, -0.1) is 12.4 Å². The maximum atomic E-state index is 14.0. The minimum Gasteiger partial charge on any atom is -0.406 e. The number of fused-ring (bicyclic) bond motifs is 1. The first-order valence-electron chi connectivity index (χ1n) is 15.5. The Morgan fingerprint density at radius 3 is 2.38 bits per heavy atom. The smallest absolute Gasteiger partial charge is 0.406 e. The Bertz CT molecular complexity index is 1810. The van der Waals surface area contributed by atoms with Crippen LogP contribution in [0.1, 0.15) is 61.3 Å². The molecule has 1 saturated carbocycles. The van der Waals surface area contributed by atoms with E-state index in [2.05, 4.69) is 15.3 Å². The summed E-state index contributed by atoms with van der Waals surface area (Å²) in [5, 5.41) is 2.93. The number of benzene rings is 2. The van der Waals surface area contributed by atoms with Crippen LogP contribution in [0.25, 0.3) is 22.2 Å². The monoisotopic (exact) mass is 682 g/mol. The molecule has 2 aromatic heterocycles. The first-order chi connectivity index (χ1) is 21.9. The average Bonchev–Trinajstić information content (AvgIpc) is 3.42. The molecule has 6 N–H and O–H groups in total. The van der Waals surface area contributed by atoms with Gasteiger partial charge in [0.25, 0.3) is 11.8 Å². The second-order valence-corrected chi connectivity index (χ2v) is 12.7. The fraction of sp³-hybridized carbons (Fsp3) is 0.382. The van der Waals surface area contributed by atoms with Crippen LogP contribution in [0.15, 0.2) is 57.7 Å². The minimum absolute atomic E-state index is 0. The summed E-state index contributed by atoms with van der Waals surface area (Å²) < 4.78 is 5.11. The fourth-order valence-electron chi connectivity index (χ4n) is 5.98. The van der Waals surface area contributed by atoms with Gasteiger partial charge in [0.15, 0.2) is 5.58 Å². The number of halogens is 2. The van der Waals surface area contributed by atoms with Crippen LogP contribution in [0.3, 0.4) is 0 Å². The summed E-state index contributed by atoms with van der Waals surface area (Å²) in [6.07, 6.45) is 2.98. The molecule has 13 heteroatoms. The highest BCUT2D eigenvalue weighted by Crippen LogP contribution is 2.34. The van der Waals surface area contributed by atoms with E-state index in [9.17, 15) is 19.2 Å². The lowest BCUT2D eigenvalue weighted by atomic mass is 9.81. The zero-order valence-electron chi connectivity index (χ0n) is 26.5. The lowest BCUT2D eigenvalue weighted by molar-refractivity contribution is -0.130. The van der Waals surface area contributed by atoms with Crippen LogP contribution in [0, 0.1) is 18.8 Å². The zero-order valence-corrected chi connectivity index (χ0v) is 28.1. The largest absolute Gasteiger partial charge is 0.417 e. The van der Waals surface area contributed by atoms with E-state index in [-0.39, 0.29) is 64.4 Å². The molecular formula is C34H40Cl2N6O5. The SMILES string of the molecule is Cc1nc(C(=O)NC(C)C)ccc1-c1ccc(C[C@H](N)C(=O)N(C(=O)C2CCC(CN)CC2)c2cc(Cl)c3oc(=O)[nH]c3c2)cc1.Cl. The van der Waals surface area contributed by atoms with Crippen LogP contribution in [-0.4, -0.2) is 46.3 Å². The van der Waals surface area contributed by atoms with Crippen molar-refractivity contribution < 1.29 is 18.8 Å². The third-order valence-electron chi connectivity index (χ3n) is 8.46. The quantitative estimate of drug-likeness (QED) is 0.193. The molecule has 0 spiro atoms. The van der Waals surface area contributed by atoms with Gasteiger partial charge >= 0.3 is 5.76 Å². The summed E-state index contributed by atoms with van der Waals surface area (Å²) in [7, 11) is 0. The predicted molar refractivity (Wildman–Crippen MR) is 185 cm³/mol. The van der Waals surface area contributed by atoms with E-state index in [0.717, 1.165) is 34.4 Å². The minimum atomic E-state index is -1.05. The molecule has 250 valence electrons. The van der Waals surface area contributed by atoms with Gasteiger partial charge in [-0.2, -0.15) is 0 Å². The maximum absolute atomic E-state index is 14.0. The number of rotatable bonds is 9. The van der Waals surface area contributed by atoms with Crippen molar-refractivity contribution in [2.75, 3.05) is 11.4 Å². The molecule has 4 aromatic rings. The third kappa shape index (κ3) is 8.10. The molecule has 0 bridgehead atoms. The number of hydrogen-bond donors (Lipinski definition) is 4. The van der Waals surface area contributed by atoms with Crippen molar-refractivity contribution in [1.82, 2.24) is 15.3 Å². The number of carbonyl (C=O) groups is 3. The lowest BCUT2D eigenvalue weighted by Crippen LogP contribution is -2.50. The van der Waals surface area contributed by atoms with Crippen LogP contribution < -0.4 is 27.4 Å². The average molecular weight is 684 g/mol. The van der Waals surface area contributed by atoms with Crippen molar-refractivity contribution in [1.29, 1.82) is 0 Å². The van der Waals surface area contributed by atoms with Crippen LogP contribution >= 0.6 is 24.0 Å². The van der Waals surface area contributed by atoms with E-state index in [1.807, 2.05) is 51.1 Å². The van der Waals surface area contributed by atoms with E-state index in [4.69, 9.17) is 27.5 Å². The molecule has 3 amide bonds. The van der Waals surface area contributed by atoms with Crippen molar-refractivity contribution in [3.8, 4) is 11.1 Å². The summed E-state index contributed by atoms with van der Waals surface area (Å²) in [5.41, 5.74) is 16.6. The number of nitrogens with one attached hydrogen (secondary N) is 2. The van der Waals surface area contributed by atoms with Crippen molar-refractivity contribution >= 4 is 58.5 Å². The molecule has 1 atom stereocenters. The van der Waals surface area contributed by atoms with Crippen LogP contribution in [0.5, 0.6) is 0 Å². The summed E-state index contributed by atoms with van der Waals surface area (Å²) in [6, 6.07) is 13.0. The Morgan fingerprint density at radius 2 is 1.77 bits per heavy atom. The van der Waals surface area contributed by atoms with E-state index >= 15 is 0 Å². The molecule has 11 nitrogen and oxygen atoms in total. The highest BCUT2D eigenvalue weighted by Gasteiger charge is 2.35. The zero-order chi connectivity index (χ0) is 33.1. The van der Waals surface area contributed by atoms with Gasteiger partial charge in [0.05, 0.1) is 22.3 Å². The lowest BCUT2D eigenvalue weighted by Gasteiger charge is -2.32. The Hall–Kier alpha value is -4.03.